The third-order valence-electron chi connectivity index (χ3n) is 5.72. The molecule has 1 fully saturated rings. The lowest BCUT2D eigenvalue weighted by Crippen LogP contribution is -2.52. The van der Waals surface area contributed by atoms with Crippen LogP contribution in [0.25, 0.3) is 0 Å². The summed E-state index contributed by atoms with van der Waals surface area (Å²) >= 11 is 0. The van der Waals surface area contributed by atoms with Gasteiger partial charge in [0.2, 0.25) is 0 Å². The summed E-state index contributed by atoms with van der Waals surface area (Å²) in [5, 5.41) is 6.38. The summed E-state index contributed by atoms with van der Waals surface area (Å²) in [4.78, 5) is 14.8. The number of urea groups is 1. The van der Waals surface area contributed by atoms with E-state index in [1.165, 1.54) is 12.1 Å². The van der Waals surface area contributed by atoms with Crippen LogP contribution >= 0.6 is 0 Å². The van der Waals surface area contributed by atoms with Crippen molar-refractivity contribution >= 4 is 6.03 Å². The molecule has 1 unspecified atom stereocenters. The Morgan fingerprint density at radius 3 is 2.55 bits per heavy atom. The molecule has 2 aromatic rings. The fraction of sp³-hybridized carbons (Fsp3) is 0.409. The molecule has 2 amide bonds. The largest absolute Gasteiger partial charge is 0.416 e. The third kappa shape index (κ3) is 4.24. The highest BCUT2D eigenvalue weighted by atomic mass is 19.4. The highest BCUT2D eigenvalue weighted by Crippen LogP contribution is 2.37. The molecule has 4 nitrogen and oxygen atoms in total. The zero-order valence-electron chi connectivity index (χ0n) is 16.0. The van der Waals surface area contributed by atoms with E-state index in [9.17, 15) is 18.0 Å². The van der Waals surface area contributed by atoms with Crippen LogP contribution in [0.2, 0.25) is 0 Å². The van der Waals surface area contributed by atoms with Crippen molar-refractivity contribution in [3.63, 3.8) is 0 Å². The molecule has 0 bridgehead atoms. The molecule has 1 saturated heterocycles. The van der Waals surface area contributed by atoms with Crippen molar-refractivity contribution in [1.29, 1.82) is 0 Å². The average molecular weight is 403 g/mol. The quantitative estimate of drug-likeness (QED) is 0.793. The summed E-state index contributed by atoms with van der Waals surface area (Å²) in [6.45, 7) is 2.22. The van der Waals surface area contributed by atoms with Gasteiger partial charge in [0.1, 0.15) is 0 Å². The highest BCUT2D eigenvalue weighted by Gasteiger charge is 2.34. The number of rotatable bonds is 2. The lowest BCUT2D eigenvalue weighted by atomic mass is 9.88. The van der Waals surface area contributed by atoms with E-state index in [1.807, 2.05) is 24.3 Å². The maximum absolute atomic E-state index is 13.1. The summed E-state index contributed by atoms with van der Waals surface area (Å²) in [5.41, 5.74) is 2.09. The van der Waals surface area contributed by atoms with Crippen LogP contribution in [0.4, 0.5) is 18.0 Å². The number of hydrogen-bond acceptors (Lipinski definition) is 2. The number of alkyl halides is 3. The molecule has 4 rings (SSSR count). The van der Waals surface area contributed by atoms with Crippen LogP contribution in [-0.2, 0) is 12.6 Å². The van der Waals surface area contributed by atoms with E-state index in [4.69, 9.17) is 0 Å². The van der Waals surface area contributed by atoms with Crippen LogP contribution in [0, 0.1) is 0 Å². The lowest BCUT2D eigenvalue weighted by molar-refractivity contribution is -0.137. The van der Waals surface area contributed by atoms with Crippen LogP contribution in [0.5, 0.6) is 0 Å². The normalized spacial score (nSPS) is 22.1. The van der Waals surface area contributed by atoms with Crippen molar-refractivity contribution in [3.8, 4) is 0 Å². The monoisotopic (exact) mass is 403 g/mol. The van der Waals surface area contributed by atoms with Gasteiger partial charge in [-0.05, 0) is 54.6 Å². The summed E-state index contributed by atoms with van der Waals surface area (Å²) in [5.74, 6) is 0. The summed E-state index contributed by atoms with van der Waals surface area (Å²) in [6, 6.07) is 12.5. The predicted octanol–water partition coefficient (Wildman–Crippen LogP) is 4.11. The molecule has 154 valence electrons. The van der Waals surface area contributed by atoms with Gasteiger partial charge in [0.05, 0.1) is 11.6 Å². The van der Waals surface area contributed by atoms with E-state index in [1.54, 1.807) is 4.90 Å². The van der Waals surface area contributed by atoms with Gasteiger partial charge < -0.3 is 15.5 Å². The summed E-state index contributed by atoms with van der Waals surface area (Å²) < 4.78 is 39.0. The van der Waals surface area contributed by atoms with Crippen LogP contribution in [0.1, 0.15) is 41.1 Å². The lowest BCUT2D eigenvalue weighted by Gasteiger charge is -2.39. The standard InChI is InChI=1S/C22H24F3N3O/c23-22(24,25)17-9-7-16(8-10-17)20-19-6-2-1-4-15(19)11-13-28(20)21(29)27-18-5-3-12-26-14-18/h1-2,4,6-10,18,20,26H,3,5,11-14H2,(H,27,29)/t18-,20?/m1/s1. The molecular formula is C22H24F3N3O. The maximum Gasteiger partial charge on any atom is 0.416 e. The molecule has 2 aromatic carbocycles. The topological polar surface area (TPSA) is 44.4 Å². The first-order chi connectivity index (χ1) is 13.9. The van der Waals surface area contributed by atoms with E-state index in [-0.39, 0.29) is 12.1 Å². The smallest absolute Gasteiger partial charge is 0.334 e. The van der Waals surface area contributed by atoms with Crippen LogP contribution < -0.4 is 10.6 Å². The molecule has 7 heteroatoms. The minimum absolute atomic E-state index is 0.0710. The minimum atomic E-state index is -4.38. The fourth-order valence-corrected chi connectivity index (χ4v) is 4.23. The molecule has 29 heavy (non-hydrogen) atoms. The SMILES string of the molecule is O=C(N[C@@H]1CCCNC1)N1CCc2ccccc2C1c1ccc(C(F)(F)F)cc1. The van der Waals surface area contributed by atoms with E-state index < -0.39 is 17.8 Å². The first kappa shape index (κ1) is 19.8. The number of benzene rings is 2. The molecule has 0 saturated carbocycles. The molecule has 2 atom stereocenters. The Balaban J connectivity index is 1.64. The molecular weight excluding hydrogens is 379 g/mol. The predicted molar refractivity (Wildman–Crippen MR) is 105 cm³/mol. The van der Waals surface area contributed by atoms with Gasteiger partial charge in [-0.25, -0.2) is 4.79 Å². The van der Waals surface area contributed by atoms with Gasteiger partial charge >= 0.3 is 12.2 Å². The molecule has 2 heterocycles. The van der Waals surface area contributed by atoms with Crippen LogP contribution in [0.3, 0.4) is 0 Å². The molecule has 2 N–H and O–H groups in total. The van der Waals surface area contributed by atoms with Gasteiger partial charge in [0, 0.05) is 19.1 Å². The van der Waals surface area contributed by atoms with Crippen molar-refractivity contribution in [1.82, 2.24) is 15.5 Å². The number of carbonyl (C=O) groups is 1. The van der Waals surface area contributed by atoms with Gasteiger partial charge in [-0.1, -0.05) is 36.4 Å². The Bertz CT molecular complexity index is 860. The minimum Gasteiger partial charge on any atom is -0.334 e. The zero-order chi connectivity index (χ0) is 20.4. The fourth-order valence-electron chi connectivity index (χ4n) is 4.23. The van der Waals surface area contributed by atoms with Gasteiger partial charge in [0.15, 0.2) is 0 Å². The summed E-state index contributed by atoms with van der Waals surface area (Å²) in [6.07, 6.45) is -1.72. The Morgan fingerprint density at radius 1 is 1.10 bits per heavy atom. The molecule has 2 aliphatic heterocycles. The number of nitrogens with zero attached hydrogens (tertiary/aromatic N) is 1. The number of nitrogens with one attached hydrogen (secondary N) is 2. The third-order valence-corrected chi connectivity index (χ3v) is 5.72. The van der Waals surface area contributed by atoms with Crippen LogP contribution in [0.15, 0.2) is 48.5 Å². The Kier molecular flexibility index (Phi) is 5.50. The number of halogens is 3. The maximum atomic E-state index is 13.1. The highest BCUT2D eigenvalue weighted by molar-refractivity contribution is 5.76. The number of hydrogen-bond donors (Lipinski definition) is 2. The van der Waals surface area contributed by atoms with Gasteiger partial charge in [-0.2, -0.15) is 13.2 Å². The van der Waals surface area contributed by atoms with Gasteiger partial charge in [-0.15, -0.1) is 0 Å². The number of piperidine rings is 1. The first-order valence-electron chi connectivity index (χ1n) is 9.96. The summed E-state index contributed by atoms with van der Waals surface area (Å²) in [7, 11) is 0. The van der Waals surface area contributed by atoms with Crippen molar-refractivity contribution in [3.05, 3.63) is 70.8 Å². The van der Waals surface area contributed by atoms with E-state index in [0.29, 0.717) is 12.1 Å². The molecule has 0 aromatic heterocycles. The Labute approximate surface area is 168 Å². The Hall–Kier alpha value is -2.54. The molecule has 0 radical (unpaired) electrons. The molecule has 2 aliphatic rings. The Morgan fingerprint density at radius 2 is 1.86 bits per heavy atom. The second-order valence-electron chi connectivity index (χ2n) is 7.66. The van der Waals surface area contributed by atoms with E-state index in [0.717, 1.165) is 55.6 Å². The first-order valence-corrected chi connectivity index (χ1v) is 9.96. The zero-order valence-corrected chi connectivity index (χ0v) is 16.0. The second-order valence-corrected chi connectivity index (χ2v) is 7.66. The van der Waals surface area contributed by atoms with Crippen molar-refractivity contribution in [2.45, 2.75) is 37.5 Å². The van der Waals surface area contributed by atoms with Gasteiger partial charge in [-0.3, -0.25) is 0 Å². The second kappa shape index (κ2) is 8.06. The number of carbonyl (C=O) groups excluding carboxylic acids is 1. The number of amides is 2. The molecule has 0 aliphatic carbocycles. The van der Waals surface area contributed by atoms with Gasteiger partial charge in [0.25, 0.3) is 0 Å². The van der Waals surface area contributed by atoms with Crippen molar-refractivity contribution in [2.75, 3.05) is 19.6 Å². The van der Waals surface area contributed by atoms with Crippen molar-refractivity contribution < 1.29 is 18.0 Å². The molecule has 0 spiro atoms. The number of fused-ring (bicyclic) bond motifs is 1. The van der Waals surface area contributed by atoms with E-state index in [2.05, 4.69) is 10.6 Å². The average Bonchev–Trinajstić information content (AvgIpc) is 2.73. The van der Waals surface area contributed by atoms with Crippen molar-refractivity contribution in [2.24, 2.45) is 0 Å². The van der Waals surface area contributed by atoms with Crippen LogP contribution in [-0.4, -0.2) is 36.6 Å². The van der Waals surface area contributed by atoms with E-state index >= 15 is 0 Å².